The Balaban J connectivity index is 1.46. The van der Waals surface area contributed by atoms with Crippen LogP contribution in [0, 0.1) is 0 Å². The molecule has 3 amide bonds. The van der Waals surface area contributed by atoms with Gasteiger partial charge in [0.25, 0.3) is 17.7 Å². The number of aromatic nitrogens is 1. The van der Waals surface area contributed by atoms with E-state index in [1.165, 1.54) is 12.5 Å². The Bertz CT molecular complexity index is 1930. The Morgan fingerprint density at radius 1 is 1.08 bits per heavy atom. The number of nitrogens with zero attached hydrogens (tertiary/aromatic N) is 3. The standard InChI is InChI=1S/C31H30N6O11S2/c1-17(38)46-13-20-16-50(43,44)29-24(34-27(40)23(21-15-49-31(32)33-21)36-47-14-22(39)35-45-2)28(41)37(29)25(20)30(42)48-26(18-9-5-3-6-10-18)19-11-7-4-8-12-19/h3-12,15,24,26,29H,13-14,16H2,1-2H3,(H2,32,33)(H,34,40)(H,35,39)/b36-23-/t24-,29-/m1/s1. The number of carbonyl (C=O) groups excluding carboxylic acids is 5. The van der Waals surface area contributed by atoms with Gasteiger partial charge in [0.1, 0.15) is 24.0 Å². The SMILES string of the molecule is CONC(=O)CO/N=C(\C(=O)N[C@@H]1C(=O)N2C(C(=O)OC(c3ccccc3)c3ccccc3)=C(COC(C)=O)CS(=O)(=O)[C@H]12)c1csc(N)n1. The van der Waals surface area contributed by atoms with Crippen LogP contribution in [0.3, 0.4) is 0 Å². The average molecular weight is 727 g/mol. The van der Waals surface area contributed by atoms with Crippen molar-refractivity contribution in [3.05, 3.63) is 94.1 Å². The van der Waals surface area contributed by atoms with Crippen LogP contribution in [0.5, 0.6) is 0 Å². The second-order valence-electron chi connectivity index (χ2n) is 10.7. The molecule has 2 aromatic carbocycles. The van der Waals surface area contributed by atoms with Crippen molar-refractivity contribution in [3.8, 4) is 0 Å². The van der Waals surface area contributed by atoms with E-state index in [-0.39, 0.29) is 16.4 Å². The van der Waals surface area contributed by atoms with Gasteiger partial charge in [-0.2, -0.15) is 0 Å². The largest absolute Gasteiger partial charge is 0.461 e. The number of amides is 3. The molecule has 262 valence electrons. The maximum atomic E-state index is 14.0. The van der Waals surface area contributed by atoms with E-state index in [1.807, 2.05) is 5.48 Å². The second kappa shape index (κ2) is 15.3. The zero-order valence-corrected chi connectivity index (χ0v) is 28.1. The molecule has 1 fully saturated rings. The highest BCUT2D eigenvalue weighted by Crippen LogP contribution is 2.39. The lowest BCUT2D eigenvalue weighted by Gasteiger charge is -2.49. The van der Waals surface area contributed by atoms with E-state index < -0.39 is 87.4 Å². The van der Waals surface area contributed by atoms with Gasteiger partial charge in [-0.25, -0.2) is 23.7 Å². The molecule has 3 aromatic rings. The summed E-state index contributed by atoms with van der Waals surface area (Å²) in [6.45, 7) is -0.196. The number of benzene rings is 2. The van der Waals surface area contributed by atoms with Gasteiger partial charge in [0.15, 0.2) is 38.8 Å². The molecule has 50 heavy (non-hydrogen) atoms. The number of ether oxygens (including phenoxy) is 2. The molecule has 0 radical (unpaired) electrons. The number of thiazole rings is 1. The number of carbonyl (C=O) groups is 5. The van der Waals surface area contributed by atoms with Crippen molar-refractivity contribution in [1.82, 2.24) is 20.7 Å². The van der Waals surface area contributed by atoms with Gasteiger partial charge in [0.05, 0.1) is 12.9 Å². The first-order chi connectivity index (χ1) is 23.9. The van der Waals surface area contributed by atoms with E-state index in [1.54, 1.807) is 60.7 Å². The number of rotatable bonds is 13. The number of nitrogens with two attached hydrogens (primary N) is 1. The fourth-order valence-corrected chi connectivity index (χ4v) is 7.72. The van der Waals surface area contributed by atoms with Gasteiger partial charge in [-0.05, 0) is 11.1 Å². The highest BCUT2D eigenvalue weighted by molar-refractivity contribution is 7.92. The van der Waals surface area contributed by atoms with E-state index in [0.29, 0.717) is 16.0 Å². The first kappa shape index (κ1) is 35.6. The lowest BCUT2D eigenvalue weighted by atomic mass is 10.0. The van der Waals surface area contributed by atoms with E-state index in [9.17, 15) is 32.4 Å². The van der Waals surface area contributed by atoms with Gasteiger partial charge in [-0.15, -0.1) is 11.3 Å². The summed E-state index contributed by atoms with van der Waals surface area (Å²) in [4.78, 5) is 78.7. The third-order valence-corrected chi connectivity index (χ3v) is 9.91. The van der Waals surface area contributed by atoms with Gasteiger partial charge >= 0.3 is 11.9 Å². The van der Waals surface area contributed by atoms with Crippen molar-refractivity contribution in [2.24, 2.45) is 5.16 Å². The molecule has 0 spiro atoms. The van der Waals surface area contributed by atoms with Crippen LogP contribution in [0.1, 0.15) is 29.8 Å². The fraction of sp³-hybridized carbons (Fsp3) is 0.258. The molecule has 2 aliphatic rings. The molecule has 17 nitrogen and oxygen atoms in total. The van der Waals surface area contributed by atoms with E-state index in [2.05, 4.69) is 20.3 Å². The van der Waals surface area contributed by atoms with Crippen molar-refractivity contribution in [3.63, 3.8) is 0 Å². The number of hydrogen-bond donors (Lipinski definition) is 3. The number of anilines is 1. The summed E-state index contributed by atoms with van der Waals surface area (Å²) in [7, 11) is -3.11. The van der Waals surface area contributed by atoms with Gasteiger partial charge in [-0.1, -0.05) is 65.8 Å². The van der Waals surface area contributed by atoms with Crippen molar-refractivity contribution in [2.75, 3.05) is 31.8 Å². The lowest BCUT2D eigenvalue weighted by Crippen LogP contribution is -2.75. The van der Waals surface area contributed by atoms with Crippen molar-refractivity contribution in [1.29, 1.82) is 0 Å². The molecule has 1 saturated heterocycles. The van der Waals surface area contributed by atoms with Crippen molar-refractivity contribution in [2.45, 2.75) is 24.4 Å². The molecule has 0 saturated carbocycles. The molecule has 0 unspecified atom stereocenters. The summed E-state index contributed by atoms with van der Waals surface area (Å²) in [5.41, 5.74) is 7.63. The van der Waals surface area contributed by atoms with E-state index >= 15 is 0 Å². The Morgan fingerprint density at radius 2 is 1.72 bits per heavy atom. The predicted molar refractivity (Wildman–Crippen MR) is 175 cm³/mol. The minimum absolute atomic E-state index is 0.0521. The molecule has 2 atom stereocenters. The normalized spacial score (nSPS) is 18.1. The summed E-state index contributed by atoms with van der Waals surface area (Å²) >= 11 is 0.954. The van der Waals surface area contributed by atoms with Gasteiger partial charge in [0.2, 0.25) is 0 Å². The topological polar surface area (TPSA) is 235 Å². The number of β-lactam (4-membered cyclic amide) rings is 1. The summed E-state index contributed by atoms with van der Waals surface area (Å²) < 4.78 is 38.2. The van der Waals surface area contributed by atoms with Crippen LogP contribution in [0.2, 0.25) is 0 Å². The number of hydrogen-bond acceptors (Lipinski definition) is 15. The summed E-state index contributed by atoms with van der Waals surface area (Å²) in [5, 5.41) is 5.65. The second-order valence-corrected chi connectivity index (χ2v) is 13.7. The van der Waals surface area contributed by atoms with Crippen LogP contribution >= 0.6 is 11.3 Å². The van der Waals surface area contributed by atoms with Crippen LogP contribution < -0.4 is 16.5 Å². The highest BCUT2D eigenvalue weighted by Gasteiger charge is 2.61. The quantitative estimate of drug-likeness (QED) is 0.0935. The van der Waals surface area contributed by atoms with Crippen LogP contribution in [-0.2, 0) is 53.0 Å². The van der Waals surface area contributed by atoms with Gasteiger partial charge in [-0.3, -0.25) is 28.9 Å². The maximum Gasteiger partial charge on any atom is 0.356 e. The van der Waals surface area contributed by atoms with Gasteiger partial charge < -0.3 is 25.4 Å². The number of sulfone groups is 1. The fourth-order valence-electron chi connectivity index (χ4n) is 5.17. The summed E-state index contributed by atoms with van der Waals surface area (Å²) in [6, 6.07) is 15.8. The molecule has 1 aromatic heterocycles. The Kier molecular flexibility index (Phi) is 10.9. The maximum absolute atomic E-state index is 14.0. The molecule has 5 rings (SSSR count). The summed E-state index contributed by atoms with van der Waals surface area (Å²) in [5.74, 6) is -5.44. The number of nitrogens with one attached hydrogen (secondary N) is 2. The van der Waals surface area contributed by atoms with E-state index in [0.717, 1.165) is 18.3 Å². The number of fused-ring (bicyclic) bond motifs is 1. The molecular formula is C31H30N6O11S2. The minimum Gasteiger partial charge on any atom is -0.461 e. The van der Waals surface area contributed by atoms with Gasteiger partial charge in [0, 0.05) is 17.9 Å². The lowest BCUT2D eigenvalue weighted by molar-refractivity contribution is -0.155. The van der Waals surface area contributed by atoms with Crippen LogP contribution in [0.25, 0.3) is 0 Å². The number of hydroxylamine groups is 1. The Hall–Kier alpha value is -5.66. The molecule has 3 heterocycles. The number of nitrogen functional groups attached to an aromatic ring is 1. The zero-order valence-electron chi connectivity index (χ0n) is 26.4. The van der Waals surface area contributed by atoms with Crippen LogP contribution in [0.15, 0.2) is 82.5 Å². The molecule has 0 bridgehead atoms. The molecule has 19 heteroatoms. The smallest absolute Gasteiger partial charge is 0.356 e. The third kappa shape index (κ3) is 7.80. The average Bonchev–Trinajstić information content (AvgIpc) is 3.52. The number of esters is 2. The molecular weight excluding hydrogens is 697 g/mol. The predicted octanol–water partition coefficient (Wildman–Crippen LogP) is 0.355. The van der Waals surface area contributed by atoms with Crippen molar-refractivity contribution < 1.29 is 51.5 Å². The van der Waals surface area contributed by atoms with Crippen molar-refractivity contribution >= 4 is 61.7 Å². The van der Waals surface area contributed by atoms with E-state index in [4.69, 9.17) is 20.0 Å². The first-order valence-corrected chi connectivity index (χ1v) is 17.3. The highest BCUT2D eigenvalue weighted by atomic mass is 32.2. The molecule has 4 N–H and O–H groups in total. The third-order valence-electron chi connectivity index (χ3n) is 7.27. The monoisotopic (exact) mass is 726 g/mol. The van der Waals surface area contributed by atoms with Crippen LogP contribution in [-0.4, -0.2) is 91.2 Å². The minimum atomic E-state index is -4.31. The Labute approximate surface area is 288 Å². The zero-order chi connectivity index (χ0) is 36.0. The molecule has 0 aliphatic carbocycles. The Morgan fingerprint density at radius 3 is 2.28 bits per heavy atom. The van der Waals surface area contributed by atoms with Crippen LogP contribution in [0.4, 0.5) is 5.13 Å². The number of oxime groups is 1. The first-order valence-electron chi connectivity index (χ1n) is 14.7. The summed E-state index contributed by atoms with van der Waals surface area (Å²) in [6.07, 6.45) is -0.966. The molecule has 2 aliphatic heterocycles.